The average molecular weight is 579 g/mol. The summed E-state index contributed by atoms with van der Waals surface area (Å²) in [6.07, 6.45) is 2.45. The van der Waals surface area contributed by atoms with Gasteiger partial charge in [0.15, 0.2) is 5.96 Å². The molecule has 0 fully saturated rings. The molecular weight excluding hydrogens is 532 g/mol. The highest BCUT2D eigenvalue weighted by Crippen LogP contribution is 2.13. The first-order valence-corrected chi connectivity index (χ1v) is 13.8. The number of aliphatic imine (C=N–C) groups is 1. The number of rotatable bonds is 19. The SMILES string of the molecule is CC(C)CC(NC(=O)C(CCCN=C(N)N)NC(=O)C(N)CCCCN)C(=O)NC(Cc1ccc(O)cc1)C(=O)O. The third-order valence-corrected chi connectivity index (χ3v) is 6.22. The monoisotopic (exact) mass is 578 g/mol. The molecule has 0 spiro atoms. The number of carboxylic acid groups (broad SMARTS) is 1. The number of hydrogen-bond acceptors (Lipinski definition) is 8. The summed E-state index contributed by atoms with van der Waals surface area (Å²) in [5, 5.41) is 27.0. The maximum absolute atomic E-state index is 13.3. The number of benzene rings is 1. The van der Waals surface area contributed by atoms with Crippen molar-refractivity contribution in [1.29, 1.82) is 0 Å². The van der Waals surface area contributed by atoms with Gasteiger partial charge in [0.1, 0.15) is 23.9 Å². The van der Waals surface area contributed by atoms with Gasteiger partial charge in [-0.15, -0.1) is 0 Å². The van der Waals surface area contributed by atoms with Gasteiger partial charge in [-0.3, -0.25) is 19.4 Å². The Bertz CT molecular complexity index is 1010. The van der Waals surface area contributed by atoms with Crippen LogP contribution in [0.1, 0.15) is 57.9 Å². The van der Waals surface area contributed by atoms with E-state index in [1.807, 2.05) is 13.8 Å². The summed E-state index contributed by atoms with van der Waals surface area (Å²) < 4.78 is 0. The number of carbonyl (C=O) groups is 4. The number of carboxylic acids is 1. The molecule has 0 aliphatic heterocycles. The molecule has 0 aliphatic carbocycles. The van der Waals surface area contributed by atoms with Crippen LogP contribution in [-0.4, -0.2) is 77.1 Å². The Labute approximate surface area is 240 Å². The number of nitrogens with one attached hydrogen (secondary N) is 3. The molecule has 41 heavy (non-hydrogen) atoms. The third-order valence-electron chi connectivity index (χ3n) is 6.22. The lowest BCUT2D eigenvalue weighted by molar-refractivity contribution is -0.142. The van der Waals surface area contributed by atoms with Crippen molar-refractivity contribution in [2.24, 2.45) is 33.8 Å². The van der Waals surface area contributed by atoms with Crippen LogP contribution in [-0.2, 0) is 25.6 Å². The quantitative estimate of drug-likeness (QED) is 0.0551. The van der Waals surface area contributed by atoms with Crippen LogP contribution in [0, 0.1) is 5.92 Å². The molecule has 0 heterocycles. The molecule has 4 unspecified atom stereocenters. The minimum absolute atomic E-state index is 0.0285. The van der Waals surface area contributed by atoms with Crippen LogP contribution in [0.3, 0.4) is 0 Å². The van der Waals surface area contributed by atoms with E-state index in [4.69, 9.17) is 22.9 Å². The minimum Gasteiger partial charge on any atom is -0.508 e. The van der Waals surface area contributed by atoms with Crippen LogP contribution in [0.5, 0.6) is 5.75 Å². The molecule has 0 aliphatic rings. The van der Waals surface area contributed by atoms with Gasteiger partial charge in [0, 0.05) is 13.0 Å². The van der Waals surface area contributed by atoms with Crippen LogP contribution in [0.25, 0.3) is 0 Å². The first kappa shape index (κ1) is 35.1. The second kappa shape index (κ2) is 18.4. The standard InChI is InChI=1S/C27H46N8O6/c1-16(2)14-21(25(39)35-22(26(40)41)15-17-8-10-18(36)11-9-17)34-24(38)20(7-5-13-32-27(30)31)33-23(37)19(29)6-3-4-12-28/h8-11,16,19-22,36H,3-7,12-15,28-29H2,1-2H3,(H,33,37)(H,34,38)(H,35,39)(H,40,41)(H4,30,31,32). The van der Waals surface area contributed by atoms with Crippen molar-refractivity contribution in [1.82, 2.24) is 16.0 Å². The number of unbranched alkanes of at least 4 members (excludes halogenated alkanes) is 1. The van der Waals surface area contributed by atoms with E-state index in [0.717, 1.165) is 0 Å². The van der Waals surface area contributed by atoms with Gasteiger partial charge in [0.25, 0.3) is 0 Å². The molecule has 1 rings (SSSR count). The largest absolute Gasteiger partial charge is 0.508 e. The molecule has 0 bridgehead atoms. The van der Waals surface area contributed by atoms with Crippen molar-refractivity contribution in [2.75, 3.05) is 13.1 Å². The van der Waals surface area contributed by atoms with E-state index < -0.39 is 47.9 Å². The van der Waals surface area contributed by atoms with Crippen molar-refractivity contribution in [3.63, 3.8) is 0 Å². The summed E-state index contributed by atoms with van der Waals surface area (Å²) in [5.74, 6) is -3.18. The van der Waals surface area contributed by atoms with E-state index in [0.29, 0.717) is 37.8 Å². The van der Waals surface area contributed by atoms with E-state index in [9.17, 15) is 29.4 Å². The van der Waals surface area contributed by atoms with Crippen molar-refractivity contribution in [3.8, 4) is 5.75 Å². The molecule has 230 valence electrons. The molecule has 4 atom stereocenters. The Kier molecular flexibility index (Phi) is 15.8. The van der Waals surface area contributed by atoms with Gasteiger partial charge in [0.2, 0.25) is 17.7 Å². The van der Waals surface area contributed by atoms with Crippen molar-refractivity contribution in [2.45, 2.75) is 83.0 Å². The lowest BCUT2D eigenvalue weighted by Crippen LogP contribution is -2.57. The van der Waals surface area contributed by atoms with Crippen molar-refractivity contribution < 1.29 is 29.4 Å². The summed E-state index contributed by atoms with van der Waals surface area (Å²) in [6, 6.07) is 1.72. The van der Waals surface area contributed by atoms with Crippen molar-refractivity contribution >= 4 is 29.7 Å². The van der Waals surface area contributed by atoms with E-state index in [2.05, 4.69) is 20.9 Å². The molecule has 0 saturated carbocycles. The Hall–Kier alpha value is -3.91. The maximum atomic E-state index is 13.3. The first-order chi connectivity index (χ1) is 19.3. The summed E-state index contributed by atoms with van der Waals surface area (Å²) in [7, 11) is 0. The molecule has 14 nitrogen and oxygen atoms in total. The molecule has 1 aromatic rings. The van der Waals surface area contributed by atoms with Crippen LogP contribution >= 0.6 is 0 Å². The number of phenols is 1. The fraction of sp³-hybridized carbons (Fsp3) is 0.593. The van der Waals surface area contributed by atoms with E-state index in [1.165, 1.54) is 12.1 Å². The summed E-state index contributed by atoms with van der Waals surface area (Å²) in [4.78, 5) is 55.1. The van der Waals surface area contributed by atoms with E-state index >= 15 is 0 Å². The Morgan fingerprint density at radius 3 is 2.00 bits per heavy atom. The van der Waals surface area contributed by atoms with Gasteiger partial charge >= 0.3 is 5.97 Å². The number of guanidine groups is 1. The topological polar surface area (TPSA) is 261 Å². The first-order valence-electron chi connectivity index (χ1n) is 13.8. The second-order valence-corrected chi connectivity index (χ2v) is 10.4. The van der Waals surface area contributed by atoms with E-state index in [-0.39, 0.29) is 43.4 Å². The third kappa shape index (κ3) is 14.3. The zero-order chi connectivity index (χ0) is 30.9. The van der Waals surface area contributed by atoms with Crippen LogP contribution in [0.2, 0.25) is 0 Å². The molecule has 0 saturated heterocycles. The number of nitrogens with two attached hydrogens (primary N) is 4. The fourth-order valence-corrected chi connectivity index (χ4v) is 4.01. The molecule has 3 amide bonds. The van der Waals surface area contributed by atoms with Gasteiger partial charge in [-0.05, 0) is 62.3 Å². The number of aliphatic carboxylic acids is 1. The zero-order valence-electron chi connectivity index (χ0n) is 23.8. The number of aromatic hydroxyl groups is 1. The van der Waals surface area contributed by atoms with Crippen LogP contribution in [0.4, 0.5) is 0 Å². The maximum Gasteiger partial charge on any atom is 0.326 e. The normalized spacial score (nSPS) is 13.9. The second-order valence-electron chi connectivity index (χ2n) is 10.4. The molecule has 13 N–H and O–H groups in total. The van der Waals surface area contributed by atoms with Crippen LogP contribution in [0.15, 0.2) is 29.3 Å². The predicted octanol–water partition coefficient (Wildman–Crippen LogP) is -0.970. The lowest BCUT2D eigenvalue weighted by Gasteiger charge is -2.26. The molecule has 14 heteroatoms. The van der Waals surface area contributed by atoms with Gasteiger partial charge in [-0.2, -0.15) is 0 Å². The molecule has 0 aromatic heterocycles. The predicted molar refractivity (Wildman–Crippen MR) is 155 cm³/mol. The number of nitrogens with zero attached hydrogens (tertiary/aromatic N) is 1. The Balaban J connectivity index is 3.03. The number of amides is 3. The minimum atomic E-state index is -1.28. The highest BCUT2D eigenvalue weighted by Gasteiger charge is 2.30. The molecule has 1 aromatic carbocycles. The Morgan fingerprint density at radius 1 is 0.854 bits per heavy atom. The smallest absolute Gasteiger partial charge is 0.326 e. The average Bonchev–Trinajstić information content (AvgIpc) is 2.90. The van der Waals surface area contributed by atoms with Gasteiger partial charge in [-0.1, -0.05) is 32.4 Å². The zero-order valence-corrected chi connectivity index (χ0v) is 23.8. The highest BCUT2D eigenvalue weighted by molar-refractivity contribution is 5.94. The summed E-state index contributed by atoms with van der Waals surface area (Å²) in [5.41, 5.74) is 22.8. The highest BCUT2D eigenvalue weighted by atomic mass is 16.4. The van der Waals surface area contributed by atoms with Crippen LogP contribution < -0.4 is 38.9 Å². The number of hydrogen-bond donors (Lipinski definition) is 9. The number of phenolic OH excluding ortho intramolecular Hbond substituents is 1. The molecular formula is C27H46N8O6. The lowest BCUT2D eigenvalue weighted by atomic mass is 10.0. The summed E-state index contributed by atoms with van der Waals surface area (Å²) in [6.45, 7) is 4.40. The van der Waals surface area contributed by atoms with Gasteiger partial charge in [0.05, 0.1) is 6.04 Å². The number of carbonyl (C=O) groups excluding carboxylic acids is 3. The van der Waals surface area contributed by atoms with Gasteiger partial charge < -0.3 is 49.1 Å². The van der Waals surface area contributed by atoms with E-state index in [1.54, 1.807) is 12.1 Å². The molecule has 0 radical (unpaired) electrons. The van der Waals surface area contributed by atoms with Crippen molar-refractivity contribution in [3.05, 3.63) is 29.8 Å². The Morgan fingerprint density at radius 2 is 1.44 bits per heavy atom. The fourth-order valence-electron chi connectivity index (χ4n) is 4.01. The summed E-state index contributed by atoms with van der Waals surface area (Å²) >= 11 is 0. The van der Waals surface area contributed by atoms with Gasteiger partial charge in [-0.25, -0.2) is 4.79 Å².